The van der Waals surface area contributed by atoms with Gasteiger partial charge in [-0.2, -0.15) is 5.21 Å². The third kappa shape index (κ3) is 3.91. The molecule has 38 heavy (non-hydrogen) atoms. The predicted octanol–water partition coefficient (Wildman–Crippen LogP) is 4.37. The summed E-state index contributed by atoms with van der Waals surface area (Å²) in [5.74, 6) is 1.56. The Hall–Kier alpha value is -3.92. The lowest BCUT2D eigenvalue weighted by molar-refractivity contribution is -0.00570. The Bertz CT molecular complexity index is 1550. The third-order valence-electron chi connectivity index (χ3n) is 7.85. The molecule has 11 heteroatoms. The van der Waals surface area contributed by atoms with Crippen LogP contribution in [0.1, 0.15) is 58.9 Å². The number of rotatable bonds is 5. The first-order chi connectivity index (χ1) is 18.5. The number of carbonyl (C=O) groups excluding carboxylic acids is 2. The van der Waals surface area contributed by atoms with Crippen LogP contribution in [0.2, 0.25) is 0 Å². The van der Waals surface area contributed by atoms with Gasteiger partial charge in [0.1, 0.15) is 17.1 Å². The number of aromatic amines is 1. The number of amides is 1. The van der Waals surface area contributed by atoms with Crippen LogP contribution in [0.4, 0.5) is 0 Å². The van der Waals surface area contributed by atoms with Crippen molar-refractivity contribution in [3.05, 3.63) is 53.7 Å². The highest BCUT2D eigenvalue weighted by Crippen LogP contribution is 2.42. The standard InChI is InChI=1S/C27H25ClN6O4/c28-15-37-24-13-17(12-21-19(24)5-8-34(21)18-2-3-18)26(36)33-9-6-27(7-10-33)14-22(35)20-11-16(1-4-23(20)38-27)25-29-31-32-30-25/h1,4-5,8,11-13,18H,2-3,6-7,9-10,14-15H2,(H,29,30,31,32). The highest BCUT2D eigenvalue weighted by Gasteiger charge is 2.44. The third-order valence-corrected chi connectivity index (χ3v) is 7.96. The number of nitrogens with one attached hydrogen (secondary N) is 1. The smallest absolute Gasteiger partial charge is 0.254 e. The lowest BCUT2D eigenvalue weighted by Gasteiger charge is -2.44. The monoisotopic (exact) mass is 532 g/mol. The lowest BCUT2D eigenvalue weighted by Crippen LogP contribution is -2.52. The summed E-state index contributed by atoms with van der Waals surface area (Å²) in [5, 5.41) is 14.9. The average Bonchev–Trinajstić information content (AvgIpc) is 3.43. The summed E-state index contributed by atoms with van der Waals surface area (Å²) in [4.78, 5) is 28.6. The minimum absolute atomic E-state index is 0.0109. The minimum Gasteiger partial charge on any atom is -0.486 e. The van der Waals surface area contributed by atoms with E-state index >= 15 is 0 Å². The summed E-state index contributed by atoms with van der Waals surface area (Å²) in [6.07, 6.45) is 5.75. The van der Waals surface area contributed by atoms with Gasteiger partial charge >= 0.3 is 0 Å². The summed E-state index contributed by atoms with van der Waals surface area (Å²) >= 11 is 5.89. The van der Waals surface area contributed by atoms with E-state index in [4.69, 9.17) is 21.1 Å². The van der Waals surface area contributed by atoms with Crippen molar-refractivity contribution in [1.82, 2.24) is 30.1 Å². The molecule has 0 atom stereocenters. The van der Waals surface area contributed by atoms with Crippen LogP contribution in [0.25, 0.3) is 22.3 Å². The molecule has 7 rings (SSSR count). The van der Waals surface area contributed by atoms with Crippen LogP contribution < -0.4 is 9.47 Å². The zero-order valence-electron chi connectivity index (χ0n) is 20.5. The van der Waals surface area contributed by atoms with Gasteiger partial charge in [-0.3, -0.25) is 9.59 Å². The molecule has 1 spiro atoms. The molecule has 2 aliphatic heterocycles. The van der Waals surface area contributed by atoms with E-state index in [1.165, 1.54) is 0 Å². The Balaban J connectivity index is 1.10. The Labute approximate surface area is 222 Å². The topological polar surface area (TPSA) is 115 Å². The van der Waals surface area contributed by atoms with Crippen LogP contribution in [0.15, 0.2) is 42.6 Å². The molecule has 3 aliphatic rings. The maximum atomic E-state index is 13.6. The van der Waals surface area contributed by atoms with E-state index in [1.54, 1.807) is 18.2 Å². The highest BCUT2D eigenvalue weighted by molar-refractivity contribution is 6.17. The Morgan fingerprint density at radius 3 is 2.76 bits per heavy atom. The molecule has 194 valence electrons. The summed E-state index contributed by atoms with van der Waals surface area (Å²) in [7, 11) is 0. The average molecular weight is 533 g/mol. The molecule has 2 aromatic heterocycles. The number of tetrazole rings is 1. The number of piperidine rings is 1. The second kappa shape index (κ2) is 8.83. The van der Waals surface area contributed by atoms with Crippen LogP contribution >= 0.6 is 11.6 Å². The Morgan fingerprint density at radius 2 is 2.03 bits per heavy atom. The van der Waals surface area contributed by atoms with Gasteiger partial charge in [-0.05, 0) is 54.5 Å². The molecular weight excluding hydrogens is 508 g/mol. The number of carbonyl (C=O) groups is 2. The van der Waals surface area contributed by atoms with E-state index in [0.717, 1.165) is 23.7 Å². The first-order valence-electron chi connectivity index (χ1n) is 12.8. The van der Waals surface area contributed by atoms with Gasteiger partial charge in [0, 0.05) is 54.7 Å². The molecule has 10 nitrogen and oxygen atoms in total. The number of hydrogen-bond donors (Lipinski definition) is 1. The van der Waals surface area contributed by atoms with Gasteiger partial charge < -0.3 is 18.9 Å². The van der Waals surface area contributed by atoms with E-state index in [2.05, 4.69) is 31.4 Å². The maximum absolute atomic E-state index is 13.6. The number of ether oxygens (including phenoxy) is 2. The molecular formula is C27H25ClN6O4. The number of nitrogens with zero attached hydrogens (tertiary/aromatic N) is 5. The molecule has 1 amide bonds. The van der Waals surface area contributed by atoms with E-state index in [0.29, 0.717) is 66.0 Å². The van der Waals surface area contributed by atoms with Crippen molar-refractivity contribution >= 4 is 34.2 Å². The van der Waals surface area contributed by atoms with Gasteiger partial charge in [0.25, 0.3) is 5.91 Å². The highest BCUT2D eigenvalue weighted by atomic mass is 35.5. The number of ketones is 1. The fourth-order valence-corrected chi connectivity index (χ4v) is 5.81. The number of Topliss-reactive ketones (excluding diaryl/α,β-unsaturated/α-hetero) is 1. The number of hydrogen-bond acceptors (Lipinski definition) is 7. The Morgan fingerprint density at radius 1 is 1.18 bits per heavy atom. The molecule has 4 aromatic rings. The van der Waals surface area contributed by atoms with Gasteiger partial charge in [-0.15, -0.1) is 10.2 Å². The molecule has 1 saturated carbocycles. The van der Waals surface area contributed by atoms with Crippen molar-refractivity contribution < 1.29 is 19.1 Å². The van der Waals surface area contributed by atoms with Crippen LogP contribution in [0.3, 0.4) is 0 Å². The SMILES string of the molecule is O=C1CC2(CCN(C(=O)c3cc(OCCl)c4ccn(C5CC5)c4c3)CC2)Oc2ccc(-c3nn[nH]n3)cc21. The number of fused-ring (bicyclic) bond motifs is 2. The maximum Gasteiger partial charge on any atom is 0.254 e. The largest absolute Gasteiger partial charge is 0.486 e. The van der Waals surface area contributed by atoms with Crippen molar-refractivity contribution in [3.63, 3.8) is 0 Å². The minimum atomic E-state index is -0.619. The number of alkyl halides is 1. The zero-order valence-corrected chi connectivity index (χ0v) is 21.3. The molecule has 4 heterocycles. The Kier molecular flexibility index (Phi) is 5.40. The number of H-pyrrole nitrogens is 1. The quantitative estimate of drug-likeness (QED) is 0.379. The van der Waals surface area contributed by atoms with Crippen LogP contribution in [-0.4, -0.2) is 66.5 Å². The second-order valence-electron chi connectivity index (χ2n) is 10.2. The van der Waals surface area contributed by atoms with E-state index in [9.17, 15) is 9.59 Å². The van der Waals surface area contributed by atoms with Gasteiger partial charge in [0.05, 0.1) is 17.5 Å². The van der Waals surface area contributed by atoms with Crippen molar-refractivity contribution in [2.75, 3.05) is 19.2 Å². The molecule has 1 N–H and O–H groups in total. The predicted molar refractivity (Wildman–Crippen MR) is 139 cm³/mol. The van der Waals surface area contributed by atoms with Crippen molar-refractivity contribution in [2.24, 2.45) is 0 Å². The summed E-state index contributed by atoms with van der Waals surface area (Å²) < 4.78 is 14.3. The van der Waals surface area contributed by atoms with Crippen molar-refractivity contribution in [3.8, 4) is 22.9 Å². The molecule has 0 unspecified atom stereocenters. The lowest BCUT2D eigenvalue weighted by atomic mass is 9.82. The number of halogens is 1. The van der Waals surface area contributed by atoms with Crippen LogP contribution in [0, 0.1) is 0 Å². The number of benzene rings is 2. The van der Waals surface area contributed by atoms with Gasteiger partial charge in [-0.1, -0.05) is 11.6 Å². The van der Waals surface area contributed by atoms with Gasteiger partial charge in [0.2, 0.25) is 5.82 Å². The molecule has 1 saturated heterocycles. The summed E-state index contributed by atoms with van der Waals surface area (Å²) in [6, 6.07) is 11.6. The summed E-state index contributed by atoms with van der Waals surface area (Å²) in [6.45, 7) is 0.992. The molecule has 0 bridgehead atoms. The molecule has 2 aromatic carbocycles. The first kappa shape index (κ1) is 23.2. The van der Waals surface area contributed by atoms with E-state index < -0.39 is 5.60 Å². The number of likely N-dealkylation sites (tertiary alicyclic amines) is 1. The van der Waals surface area contributed by atoms with Crippen LogP contribution in [0.5, 0.6) is 11.5 Å². The fraction of sp³-hybridized carbons (Fsp3) is 0.370. The second-order valence-corrected chi connectivity index (χ2v) is 10.5. The van der Waals surface area contributed by atoms with E-state index in [-0.39, 0.29) is 24.2 Å². The van der Waals surface area contributed by atoms with Crippen molar-refractivity contribution in [2.45, 2.75) is 43.7 Å². The normalized spacial score (nSPS) is 18.4. The molecule has 0 radical (unpaired) electrons. The zero-order chi connectivity index (χ0) is 25.9. The number of aromatic nitrogens is 5. The van der Waals surface area contributed by atoms with Gasteiger partial charge in [0.15, 0.2) is 11.8 Å². The molecule has 2 fully saturated rings. The molecule has 1 aliphatic carbocycles. The first-order valence-corrected chi connectivity index (χ1v) is 13.3. The fourth-order valence-electron chi connectivity index (χ4n) is 5.70. The van der Waals surface area contributed by atoms with E-state index in [1.807, 2.05) is 23.1 Å². The van der Waals surface area contributed by atoms with Gasteiger partial charge in [-0.25, -0.2) is 0 Å². The van der Waals surface area contributed by atoms with Crippen molar-refractivity contribution in [1.29, 1.82) is 0 Å². The summed E-state index contributed by atoms with van der Waals surface area (Å²) in [5.41, 5.74) is 2.17. The van der Waals surface area contributed by atoms with Crippen LogP contribution in [-0.2, 0) is 0 Å².